The third kappa shape index (κ3) is 2.90. The first-order chi connectivity index (χ1) is 13.7. The fourth-order valence-corrected chi connectivity index (χ4v) is 4.19. The number of hydrogen-bond acceptors (Lipinski definition) is 6. The van der Waals surface area contributed by atoms with Crippen molar-refractivity contribution in [1.29, 1.82) is 0 Å². The molecule has 0 spiro atoms. The number of carbonyl (C=O) groups excluding carboxylic acids is 1. The van der Waals surface area contributed by atoms with Crippen LogP contribution in [0.4, 0.5) is 11.5 Å². The predicted molar refractivity (Wildman–Crippen MR) is 104 cm³/mol. The van der Waals surface area contributed by atoms with Gasteiger partial charge in [0.1, 0.15) is 5.82 Å². The molecule has 8 heteroatoms. The van der Waals surface area contributed by atoms with Crippen molar-refractivity contribution in [2.24, 2.45) is 5.92 Å². The maximum atomic E-state index is 12.7. The Balaban J connectivity index is 1.37. The van der Waals surface area contributed by atoms with Crippen molar-refractivity contribution in [1.82, 2.24) is 25.0 Å². The molecule has 1 saturated heterocycles. The van der Waals surface area contributed by atoms with E-state index in [1.54, 1.807) is 0 Å². The Bertz CT molecular complexity index is 999. The number of nitrogens with one attached hydrogen (secondary N) is 1. The maximum absolute atomic E-state index is 12.7. The molecule has 1 aromatic carbocycles. The number of carbonyl (C=O) groups is 1. The summed E-state index contributed by atoms with van der Waals surface area (Å²) < 4.78 is 1.98. The summed E-state index contributed by atoms with van der Waals surface area (Å²) in [6.45, 7) is 4.45. The smallest absolute Gasteiger partial charge is 0.293 e. The summed E-state index contributed by atoms with van der Waals surface area (Å²) in [7, 11) is 0. The number of nitrogens with zero attached hydrogens (tertiary/aromatic N) is 6. The van der Waals surface area contributed by atoms with Gasteiger partial charge in [-0.3, -0.25) is 4.79 Å². The lowest BCUT2D eigenvalue weighted by Crippen LogP contribution is -2.27. The molecule has 0 unspecified atom stereocenters. The van der Waals surface area contributed by atoms with Gasteiger partial charge in [-0.05, 0) is 43.5 Å². The highest BCUT2D eigenvalue weighted by molar-refractivity contribution is 6.01. The number of rotatable bonds is 3. The van der Waals surface area contributed by atoms with Crippen molar-refractivity contribution in [2.45, 2.75) is 25.8 Å². The normalized spacial score (nSPS) is 20.5. The number of benzene rings is 1. The fourth-order valence-electron chi connectivity index (χ4n) is 4.19. The zero-order chi connectivity index (χ0) is 19.1. The number of aryl methyl sites for hydroxylation is 1. The first-order valence-electron chi connectivity index (χ1n) is 9.54. The van der Waals surface area contributed by atoms with Crippen molar-refractivity contribution >= 4 is 17.4 Å². The Labute approximate surface area is 162 Å². The summed E-state index contributed by atoms with van der Waals surface area (Å²) >= 11 is 0. The van der Waals surface area contributed by atoms with Crippen LogP contribution in [0.1, 0.15) is 34.5 Å². The Morgan fingerprint density at radius 1 is 1.04 bits per heavy atom. The third-order valence-corrected chi connectivity index (χ3v) is 5.62. The van der Waals surface area contributed by atoms with E-state index in [4.69, 9.17) is 0 Å². The summed E-state index contributed by atoms with van der Waals surface area (Å²) in [5, 5.41) is 20.0. The number of amides is 1. The molecule has 142 valence electrons. The second-order valence-electron chi connectivity index (χ2n) is 7.45. The van der Waals surface area contributed by atoms with Crippen LogP contribution in [0.25, 0.3) is 0 Å². The second kappa shape index (κ2) is 6.70. The lowest BCUT2D eigenvalue weighted by molar-refractivity contribution is 0.101. The minimum Gasteiger partial charge on any atom is -0.354 e. The number of fused-ring (bicyclic) bond motifs is 3. The van der Waals surface area contributed by atoms with Gasteiger partial charge < -0.3 is 14.8 Å². The molecule has 2 aromatic heterocycles. The Hall–Kier alpha value is -3.29. The van der Waals surface area contributed by atoms with E-state index in [9.17, 15) is 4.79 Å². The molecule has 8 nitrogen and oxygen atoms in total. The van der Waals surface area contributed by atoms with Crippen molar-refractivity contribution in [2.75, 3.05) is 23.3 Å². The molecule has 1 amide bonds. The van der Waals surface area contributed by atoms with E-state index in [0.717, 1.165) is 49.1 Å². The Morgan fingerprint density at radius 3 is 2.68 bits per heavy atom. The van der Waals surface area contributed by atoms with Crippen LogP contribution in [0, 0.1) is 12.8 Å². The average Bonchev–Trinajstić information content (AvgIpc) is 3.33. The van der Waals surface area contributed by atoms with E-state index >= 15 is 0 Å². The SMILES string of the molecule is Cc1ccc(N2C[C@@H]3CCn4c(C(=O)Nc5ccccc5)nnc4[C@H]3C2)nn1. The molecule has 5 rings (SSSR count). The highest BCUT2D eigenvalue weighted by atomic mass is 16.2. The van der Waals surface area contributed by atoms with E-state index < -0.39 is 0 Å². The van der Waals surface area contributed by atoms with E-state index in [1.165, 1.54) is 0 Å². The maximum Gasteiger partial charge on any atom is 0.293 e. The minimum absolute atomic E-state index is 0.220. The molecule has 2 aliphatic heterocycles. The lowest BCUT2D eigenvalue weighted by atomic mass is 9.89. The Morgan fingerprint density at radius 2 is 1.89 bits per heavy atom. The molecular weight excluding hydrogens is 354 g/mol. The topological polar surface area (TPSA) is 88.8 Å². The van der Waals surface area contributed by atoms with Gasteiger partial charge in [-0.25, -0.2) is 0 Å². The van der Waals surface area contributed by atoms with Crippen molar-refractivity contribution in [3.63, 3.8) is 0 Å². The molecule has 0 radical (unpaired) electrons. The van der Waals surface area contributed by atoms with Crippen LogP contribution < -0.4 is 10.2 Å². The minimum atomic E-state index is -0.220. The summed E-state index contributed by atoms with van der Waals surface area (Å²) in [6.07, 6.45) is 0.997. The van der Waals surface area contributed by atoms with Crippen LogP contribution in [-0.2, 0) is 6.54 Å². The van der Waals surface area contributed by atoms with Gasteiger partial charge in [-0.1, -0.05) is 18.2 Å². The lowest BCUT2D eigenvalue weighted by Gasteiger charge is -2.24. The van der Waals surface area contributed by atoms with E-state index in [1.807, 2.05) is 54.0 Å². The van der Waals surface area contributed by atoms with Crippen molar-refractivity contribution in [3.8, 4) is 0 Å². The van der Waals surface area contributed by atoms with E-state index in [0.29, 0.717) is 11.7 Å². The number of hydrogen-bond donors (Lipinski definition) is 1. The molecule has 2 atom stereocenters. The summed E-state index contributed by atoms with van der Waals surface area (Å²) in [5.74, 6) is 2.70. The van der Waals surface area contributed by atoms with Gasteiger partial charge in [0.25, 0.3) is 5.91 Å². The van der Waals surface area contributed by atoms with Crippen molar-refractivity contribution < 1.29 is 4.79 Å². The molecule has 28 heavy (non-hydrogen) atoms. The third-order valence-electron chi connectivity index (χ3n) is 5.62. The zero-order valence-electron chi connectivity index (χ0n) is 15.6. The summed E-state index contributed by atoms with van der Waals surface area (Å²) in [5.41, 5.74) is 1.66. The van der Waals surface area contributed by atoms with Crippen LogP contribution in [0.5, 0.6) is 0 Å². The monoisotopic (exact) mass is 375 g/mol. The van der Waals surface area contributed by atoms with Gasteiger partial charge in [0.2, 0.25) is 5.82 Å². The summed E-state index contributed by atoms with van der Waals surface area (Å²) in [6, 6.07) is 13.4. The van der Waals surface area contributed by atoms with Crippen LogP contribution in [0.15, 0.2) is 42.5 Å². The number of anilines is 2. The molecule has 2 aliphatic rings. The average molecular weight is 375 g/mol. The van der Waals surface area contributed by atoms with Gasteiger partial charge in [-0.15, -0.1) is 15.3 Å². The van der Waals surface area contributed by atoms with Crippen LogP contribution in [0.3, 0.4) is 0 Å². The largest absolute Gasteiger partial charge is 0.354 e. The first kappa shape index (κ1) is 16.9. The molecule has 1 fully saturated rings. The Kier molecular flexibility index (Phi) is 4.03. The summed E-state index contributed by atoms with van der Waals surface area (Å²) in [4.78, 5) is 15.0. The van der Waals surface area contributed by atoms with Gasteiger partial charge in [0.05, 0.1) is 5.69 Å². The van der Waals surface area contributed by atoms with Crippen molar-refractivity contribution in [3.05, 3.63) is 59.8 Å². The zero-order valence-corrected chi connectivity index (χ0v) is 15.6. The standard InChI is InChI=1S/C20H21N7O/c1-13-7-8-17(23-22-13)26-11-14-9-10-27-18(16(14)12-26)24-25-19(27)20(28)21-15-5-3-2-4-6-15/h2-8,14,16H,9-12H2,1H3,(H,21,28)/t14-,16-/m0/s1. The molecule has 0 aliphatic carbocycles. The number of aromatic nitrogens is 5. The van der Waals surface area contributed by atoms with E-state index in [2.05, 4.69) is 30.6 Å². The molecule has 3 aromatic rings. The molecular formula is C20H21N7O. The molecule has 0 saturated carbocycles. The van der Waals surface area contributed by atoms with E-state index in [-0.39, 0.29) is 11.8 Å². The van der Waals surface area contributed by atoms with Crippen LogP contribution in [0.2, 0.25) is 0 Å². The van der Waals surface area contributed by atoms with Crippen LogP contribution >= 0.6 is 0 Å². The highest BCUT2D eigenvalue weighted by Crippen LogP contribution is 2.39. The quantitative estimate of drug-likeness (QED) is 0.755. The van der Waals surface area contributed by atoms with Gasteiger partial charge in [0, 0.05) is 31.2 Å². The highest BCUT2D eigenvalue weighted by Gasteiger charge is 2.41. The molecule has 0 bridgehead atoms. The van der Waals surface area contributed by atoms with Gasteiger partial charge >= 0.3 is 0 Å². The number of para-hydroxylation sites is 1. The fraction of sp³-hybridized carbons (Fsp3) is 0.350. The predicted octanol–water partition coefficient (Wildman–Crippen LogP) is 2.25. The molecule has 1 N–H and O–H groups in total. The van der Waals surface area contributed by atoms with Crippen LogP contribution in [-0.4, -0.2) is 44.0 Å². The second-order valence-corrected chi connectivity index (χ2v) is 7.45. The first-order valence-corrected chi connectivity index (χ1v) is 9.54. The van der Waals surface area contributed by atoms with Gasteiger partial charge in [-0.2, -0.15) is 5.10 Å². The van der Waals surface area contributed by atoms with Gasteiger partial charge in [0.15, 0.2) is 5.82 Å². The molecule has 4 heterocycles.